The summed E-state index contributed by atoms with van der Waals surface area (Å²) in [5, 5.41) is 3.46. The van der Waals surface area contributed by atoms with Gasteiger partial charge in [0.05, 0.1) is 0 Å². The molecule has 0 saturated heterocycles. The van der Waals surface area contributed by atoms with Crippen molar-refractivity contribution in [1.29, 1.82) is 0 Å². The smallest absolute Gasteiger partial charge is 0.129 e. The van der Waals surface area contributed by atoms with Crippen LogP contribution in [0.5, 0.6) is 0 Å². The summed E-state index contributed by atoms with van der Waals surface area (Å²) in [5.41, 5.74) is 0.544. The normalized spacial score (nSPS) is 14.8. The van der Waals surface area contributed by atoms with Crippen molar-refractivity contribution in [2.24, 2.45) is 17.3 Å². The number of nitrogens with one attached hydrogen (secondary N) is 1. The van der Waals surface area contributed by atoms with Crippen molar-refractivity contribution < 1.29 is 8.78 Å². The van der Waals surface area contributed by atoms with Crippen LogP contribution in [0.1, 0.15) is 40.2 Å². The van der Waals surface area contributed by atoms with Gasteiger partial charge < -0.3 is 5.32 Å². The van der Waals surface area contributed by atoms with E-state index in [1.165, 1.54) is 6.07 Å². The minimum Gasteiger partial charge on any atom is -0.316 e. The van der Waals surface area contributed by atoms with Gasteiger partial charge in [-0.05, 0) is 41.8 Å². The van der Waals surface area contributed by atoms with E-state index >= 15 is 0 Å². The van der Waals surface area contributed by atoms with Crippen LogP contribution in [-0.4, -0.2) is 13.1 Å². The molecule has 0 aliphatic heterocycles. The van der Waals surface area contributed by atoms with Crippen LogP contribution in [0, 0.1) is 28.9 Å². The fraction of sp³-hybridized carbons (Fsp3) is 0.647. The molecule has 0 saturated carbocycles. The number of rotatable bonds is 7. The number of halogens is 2. The van der Waals surface area contributed by atoms with Crippen molar-refractivity contribution in [1.82, 2.24) is 5.32 Å². The predicted octanol–water partition coefficient (Wildman–Crippen LogP) is 4.42. The molecule has 114 valence electrons. The summed E-state index contributed by atoms with van der Waals surface area (Å²) >= 11 is 0. The molecular formula is C17H27F2N. The third-order valence-electron chi connectivity index (χ3n) is 4.08. The highest BCUT2D eigenvalue weighted by atomic mass is 19.1. The van der Waals surface area contributed by atoms with Gasteiger partial charge in [-0.25, -0.2) is 8.78 Å². The molecule has 0 bridgehead atoms. The zero-order chi connectivity index (χ0) is 15.3. The average molecular weight is 283 g/mol. The molecule has 0 spiro atoms. The van der Waals surface area contributed by atoms with E-state index in [2.05, 4.69) is 39.9 Å². The third-order valence-corrected chi connectivity index (χ3v) is 4.08. The lowest BCUT2D eigenvalue weighted by Crippen LogP contribution is -2.39. The highest BCUT2D eigenvalue weighted by Gasteiger charge is 2.29. The predicted molar refractivity (Wildman–Crippen MR) is 80.7 cm³/mol. The summed E-state index contributed by atoms with van der Waals surface area (Å²) < 4.78 is 26.8. The van der Waals surface area contributed by atoms with Gasteiger partial charge in [0, 0.05) is 12.6 Å². The first-order valence-corrected chi connectivity index (χ1v) is 7.39. The summed E-state index contributed by atoms with van der Waals surface area (Å²) in [6.07, 6.45) is 0.613. The van der Waals surface area contributed by atoms with Gasteiger partial charge in [0.25, 0.3) is 0 Å². The van der Waals surface area contributed by atoms with Crippen molar-refractivity contribution in [3.8, 4) is 0 Å². The molecule has 1 rings (SSSR count). The first kappa shape index (κ1) is 17.1. The zero-order valence-corrected chi connectivity index (χ0v) is 13.3. The Kier molecular flexibility index (Phi) is 6.12. The van der Waals surface area contributed by atoms with Gasteiger partial charge in [0.1, 0.15) is 11.6 Å². The first-order valence-electron chi connectivity index (χ1n) is 7.39. The Morgan fingerprint density at radius 3 is 2.30 bits per heavy atom. The van der Waals surface area contributed by atoms with E-state index in [4.69, 9.17) is 0 Å². The Balaban J connectivity index is 2.80. The van der Waals surface area contributed by atoms with Crippen molar-refractivity contribution >= 4 is 0 Å². The molecule has 1 nitrogen and oxygen atoms in total. The lowest BCUT2D eigenvalue weighted by atomic mass is 9.74. The van der Waals surface area contributed by atoms with E-state index in [-0.39, 0.29) is 5.41 Å². The summed E-state index contributed by atoms with van der Waals surface area (Å²) in [5.74, 6) is 0.0387. The highest BCUT2D eigenvalue weighted by Crippen LogP contribution is 2.31. The second kappa shape index (κ2) is 7.16. The van der Waals surface area contributed by atoms with E-state index in [9.17, 15) is 8.78 Å². The van der Waals surface area contributed by atoms with Crippen molar-refractivity contribution in [3.05, 3.63) is 35.4 Å². The third kappa shape index (κ3) is 4.86. The van der Waals surface area contributed by atoms with Crippen molar-refractivity contribution in [3.63, 3.8) is 0 Å². The van der Waals surface area contributed by atoms with Gasteiger partial charge in [-0.2, -0.15) is 0 Å². The monoisotopic (exact) mass is 283 g/mol. The Morgan fingerprint density at radius 2 is 1.80 bits per heavy atom. The largest absolute Gasteiger partial charge is 0.316 e. The summed E-state index contributed by atoms with van der Waals surface area (Å²) in [7, 11) is 0. The maximum Gasteiger partial charge on any atom is 0.129 e. The van der Waals surface area contributed by atoms with Crippen molar-refractivity contribution in [2.75, 3.05) is 13.1 Å². The molecule has 0 aromatic heterocycles. The quantitative estimate of drug-likeness (QED) is 0.781. The molecule has 0 amide bonds. The van der Waals surface area contributed by atoms with Gasteiger partial charge >= 0.3 is 0 Å². The summed E-state index contributed by atoms with van der Waals surface area (Å²) in [6, 6.07) is 3.87. The Labute approximate surface area is 121 Å². The van der Waals surface area contributed by atoms with E-state index in [1.807, 2.05) is 0 Å². The Morgan fingerprint density at radius 1 is 1.15 bits per heavy atom. The summed E-state index contributed by atoms with van der Waals surface area (Å²) in [4.78, 5) is 0. The molecule has 3 heteroatoms. The fourth-order valence-corrected chi connectivity index (χ4v) is 2.22. The van der Waals surface area contributed by atoms with Gasteiger partial charge in [-0.1, -0.05) is 40.7 Å². The summed E-state index contributed by atoms with van der Waals surface area (Å²) in [6.45, 7) is 12.6. The van der Waals surface area contributed by atoms with Crippen molar-refractivity contribution in [2.45, 2.75) is 41.0 Å². The second-order valence-electron chi connectivity index (χ2n) is 6.75. The average Bonchev–Trinajstić information content (AvgIpc) is 2.32. The molecule has 0 heterocycles. The molecule has 0 aliphatic rings. The van der Waals surface area contributed by atoms with Gasteiger partial charge in [-0.3, -0.25) is 0 Å². The van der Waals surface area contributed by atoms with Crippen LogP contribution in [0.3, 0.4) is 0 Å². The number of hydrogen-bond donors (Lipinski definition) is 1. The minimum atomic E-state index is -0.518. The van der Waals surface area contributed by atoms with Gasteiger partial charge in [0.2, 0.25) is 0 Å². The molecule has 0 fully saturated rings. The van der Waals surface area contributed by atoms with Crippen LogP contribution in [0.2, 0.25) is 0 Å². The Bertz CT molecular complexity index is 429. The molecule has 0 aliphatic carbocycles. The van der Waals surface area contributed by atoms with E-state index in [1.54, 1.807) is 6.07 Å². The Hall–Kier alpha value is -0.960. The maximum absolute atomic E-state index is 13.8. The SMILES string of the molecule is CC(C)CNCC(C)(Cc1ccc(F)cc1F)C(C)C. The van der Waals surface area contributed by atoms with Crippen LogP contribution in [0.15, 0.2) is 18.2 Å². The molecule has 0 radical (unpaired) electrons. The molecule has 1 atom stereocenters. The van der Waals surface area contributed by atoms with E-state index in [0.717, 1.165) is 19.2 Å². The molecule has 1 aromatic rings. The molecule has 1 unspecified atom stereocenters. The maximum atomic E-state index is 13.8. The van der Waals surface area contributed by atoms with Crippen LogP contribution >= 0.6 is 0 Å². The second-order valence-corrected chi connectivity index (χ2v) is 6.75. The van der Waals surface area contributed by atoms with Crippen LogP contribution in [0.4, 0.5) is 8.78 Å². The topological polar surface area (TPSA) is 12.0 Å². The van der Waals surface area contributed by atoms with Crippen LogP contribution in [0.25, 0.3) is 0 Å². The first-order chi connectivity index (χ1) is 9.24. The van der Waals surface area contributed by atoms with Gasteiger partial charge in [0.15, 0.2) is 0 Å². The number of hydrogen-bond acceptors (Lipinski definition) is 1. The molecule has 1 N–H and O–H groups in total. The van der Waals surface area contributed by atoms with Crippen LogP contribution in [-0.2, 0) is 6.42 Å². The highest BCUT2D eigenvalue weighted by molar-refractivity contribution is 5.20. The van der Waals surface area contributed by atoms with Gasteiger partial charge in [-0.15, -0.1) is 0 Å². The zero-order valence-electron chi connectivity index (χ0n) is 13.3. The molecular weight excluding hydrogens is 256 g/mol. The van der Waals surface area contributed by atoms with Crippen LogP contribution < -0.4 is 5.32 Å². The fourth-order valence-electron chi connectivity index (χ4n) is 2.22. The number of benzene rings is 1. The van der Waals surface area contributed by atoms with E-state index in [0.29, 0.717) is 23.8 Å². The lowest BCUT2D eigenvalue weighted by Gasteiger charge is -2.35. The van der Waals surface area contributed by atoms with E-state index < -0.39 is 11.6 Å². The standard InChI is InChI=1S/C17H27F2N/c1-12(2)10-20-11-17(5,13(3)4)9-14-6-7-15(18)8-16(14)19/h6-8,12-13,20H,9-11H2,1-5H3. The molecule has 20 heavy (non-hydrogen) atoms. The minimum absolute atomic E-state index is 0.0481. The molecule has 1 aromatic carbocycles. The lowest BCUT2D eigenvalue weighted by molar-refractivity contribution is 0.203.